The molecule has 1 fully saturated rings. The van der Waals surface area contributed by atoms with Gasteiger partial charge in [0.25, 0.3) is 0 Å². The third-order valence-corrected chi connectivity index (χ3v) is 5.65. The lowest BCUT2D eigenvalue weighted by atomic mass is 10.0. The number of fused-ring (bicyclic) bond motifs is 1. The Morgan fingerprint density at radius 2 is 2.05 bits per heavy atom. The molecule has 0 saturated heterocycles. The summed E-state index contributed by atoms with van der Waals surface area (Å²) in [4.78, 5) is 25.1. The van der Waals surface area contributed by atoms with Gasteiger partial charge in [-0.3, -0.25) is 4.79 Å². The summed E-state index contributed by atoms with van der Waals surface area (Å²) in [5.74, 6) is -0.294. The molecule has 1 aliphatic heterocycles. The Hall–Kier alpha value is -1.49. The zero-order valence-electron chi connectivity index (χ0n) is 11.6. The average molecular weight is 291 g/mol. The van der Waals surface area contributed by atoms with Crippen molar-refractivity contribution >= 4 is 29.3 Å². The van der Waals surface area contributed by atoms with Crippen molar-refractivity contribution < 1.29 is 14.3 Å². The number of nitrogens with one attached hydrogen (secondary N) is 1. The number of esters is 1. The first kappa shape index (κ1) is 13.5. The third-order valence-electron chi connectivity index (χ3n) is 4.11. The van der Waals surface area contributed by atoms with Crippen molar-refractivity contribution in [1.29, 1.82) is 0 Å². The fourth-order valence-electron chi connectivity index (χ4n) is 2.96. The molecule has 20 heavy (non-hydrogen) atoms. The van der Waals surface area contributed by atoms with Crippen LogP contribution in [0.25, 0.3) is 0 Å². The quantitative estimate of drug-likeness (QED) is 0.808. The van der Waals surface area contributed by atoms with Gasteiger partial charge in [0.1, 0.15) is 0 Å². The number of benzene rings is 1. The van der Waals surface area contributed by atoms with Gasteiger partial charge >= 0.3 is 5.97 Å². The first-order valence-corrected chi connectivity index (χ1v) is 7.61. The molecule has 4 nitrogen and oxygen atoms in total. The fourth-order valence-corrected chi connectivity index (χ4v) is 4.47. The normalized spacial score (nSPS) is 19.6. The minimum atomic E-state index is -0.370. The van der Waals surface area contributed by atoms with Crippen LogP contribution in [0.4, 0.5) is 5.69 Å². The summed E-state index contributed by atoms with van der Waals surface area (Å²) in [5, 5.41) is 2.97. The topological polar surface area (TPSA) is 55.4 Å². The van der Waals surface area contributed by atoms with Crippen LogP contribution < -0.4 is 5.32 Å². The number of rotatable bonds is 1. The summed E-state index contributed by atoms with van der Waals surface area (Å²) < 4.78 is 4.47. The van der Waals surface area contributed by atoms with Crippen molar-refractivity contribution in [2.45, 2.75) is 42.2 Å². The van der Waals surface area contributed by atoms with Crippen molar-refractivity contribution in [2.24, 2.45) is 0 Å². The van der Waals surface area contributed by atoms with E-state index in [9.17, 15) is 9.59 Å². The monoisotopic (exact) mass is 291 g/mol. The van der Waals surface area contributed by atoms with Gasteiger partial charge in [-0.1, -0.05) is 12.8 Å². The molecule has 5 heteroatoms. The van der Waals surface area contributed by atoms with Crippen LogP contribution in [0.5, 0.6) is 0 Å². The van der Waals surface area contributed by atoms with Gasteiger partial charge in [-0.2, -0.15) is 0 Å². The zero-order chi connectivity index (χ0) is 14.3. The number of carbonyl (C=O) groups excluding carboxylic acids is 2. The molecule has 106 valence electrons. The molecule has 0 atom stereocenters. The third kappa shape index (κ3) is 2.00. The molecule has 1 amide bonds. The molecule has 0 unspecified atom stereocenters. The molecule has 2 aliphatic rings. The van der Waals surface area contributed by atoms with Gasteiger partial charge < -0.3 is 10.1 Å². The van der Waals surface area contributed by atoms with Crippen LogP contribution in [0.1, 0.15) is 41.6 Å². The predicted molar refractivity (Wildman–Crippen MR) is 78.2 cm³/mol. The van der Waals surface area contributed by atoms with Crippen LogP contribution >= 0.6 is 11.8 Å². The van der Waals surface area contributed by atoms with Crippen LogP contribution in [-0.4, -0.2) is 23.7 Å². The Kier molecular flexibility index (Phi) is 3.24. The van der Waals surface area contributed by atoms with Gasteiger partial charge in [0.2, 0.25) is 5.91 Å². The maximum Gasteiger partial charge on any atom is 0.338 e. The van der Waals surface area contributed by atoms with Crippen LogP contribution in [-0.2, 0) is 9.53 Å². The van der Waals surface area contributed by atoms with E-state index >= 15 is 0 Å². The van der Waals surface area contributed by atoms with Crippen molar-refractivity contribution in [3.63, 3.8) is 0 Å². The van der Waals surface area contributed by atoms with Crippen LogP contribution in [0.3, 0.4) is 0 Å². The molecule has 1 N–H and O–H groups in total. The predicted octanol–water partition coefficient (Wildman–Crippen LogP) is 3.14. The number of aryl methyl sites for hydroxylation is 1. The molecule has 0 bridgehead atoms. The fraction of sp³-hybridized carbons (Fsp3) is 0.467. The van der Waals surface area contributed by atoms with Crippen molar-refractivity contribution in [1.82, 2.24) is 0 Å². The molecule has 0 aromatic heterocycles. The smallest absolute Gasteiger partial charge is 0.338 e. The zero-order valence-corrected chi connectivity index (χ0v) is 12.4. The van der Waals surface area contributed by atoms with E-state index in [2.05, 4.69) is 5.32 Å². The second kappa shape index (κ2) is 4.81. The van der Waals surface area contributed by atoms with Gasteiger partial charge in [0, 0.05) is 4.90 Å². The lowest BCUT2D eigenvalue weighted by Crippen LogP contribution is -2.40. The average Bonchev–Trinajstić information content (AvgIpc) is 2.89. The summed E-state index contributed by atoms with van der Waals surface area (Å²) in [6, 6.07) is 3.70. The van der Waals surface area contributed by atoms with Gasteiger partial charge in [0.15, 0.2) is 0 Å². The summed E-state index contributed by atoms with van der Waals surface area (Å²) in [7, 11) is 1.36. The highest BCUT2D eigenvalue weighted by atomic mass is 32.2. The Labute approximate surface area is 122 Å². The van der Waals surface area contributed by atoms with E-state index in [0.717, 1.165) is 41.8 Å². The lowest BCUT2D eigenvalue weighted by Gasteiger charge is -2.33. The number of ether oxygens (including phenoxy) is 1. The Bertz CT molecular complexity index is 591. The highest BCUT2D eigenvalue weighted by Crippen LogP contribution is 2.51. The van der Waals surface area contributed by atoms with E-state index in [0.29, 0.717) is 5.56 Å². The number of hydrogen-bond donors (Lipinski definition) is 1. The van der Waals surface area contributed by atoms with Gasteiger partial charge in [0.05, 0.1) is 23.1 Å². The molecule has 1 aromatic rings. The summed E-state index contributed by atoms with van der Waals surface area (Å²) in [5.41, 5.74) is 2.12. The summed E-state index contributed by atoms with van der Waals surface area (Å²) >= 11 is 1.65. The summed E-state index contributed by atoms with van der Waals surface area (Å²) in [6.45, 7) is 1.89. The van der Waals surface area contributed by atoms with Gasteiger partial charge in [-0.15, -0.1) is 11.8 Å². The Morgan fingerprint density at radius 1 is 1.35 bits per heavy atom. The van der Waals surface area contributed by atoms with E-state index in [-0.39, 0.29) is 16.6 Å². The molecule has 1 spiro atoms. The standard InChI is InChI=1S/C15H17NO3S/c1-9-7-12-11(8-10(9)13(17)19-2)16-14(18)15(20-12)5-3-4-6-15/h7-8H,3-6H2,1-2H3,(H,16,18). The van der Waals surface area contributed by atoms with Gasteiger partial charge in [-0.05, 0) is 37.5 Å². The van der Waals surface area contributed by atoms with E-state index in [1.54, 1.807) is 17.8 Å². The Morgan fingerprint density at radius 3 is 2.70 bits per heavy atom. The minimum absolute atomic E-state index is 0.0761. The SMILES string of the molecule is COC(=O)c1cc2c(cc1C)SC1(CCCC1)C(=O)N2. The molecule has 1 saturated carbocycles. The Balaban J connectivity index is 2.01. The van der Waals surface area contributed by atoms with Crippen molar-refractivity contribution in [2.75, 3.05) is 12.4 Å². The van der Waals surface area contributed by atoms with Gasteiger partial charge in [-0.25, -0.2) is 4.79 Å². The van der Waals surface area contributed by atoms with Crippen LogP contribution in [0.2, 0.25) is 0 Å². The second-order valence-electron chi connectivity index (χ2n) is 5.41. The molecular formula is C15H17NO3S. The molecule has 1 aromatic carbocycles. The van der Waals surface area contributed by atoms with Crippen molar-refractivity contribution in [3.05, 3.63) is 23.3 Å². The maximum atomic E-state index is 12.4. The van der Waals surface area contributed by atoms with E-state index < -0.39 is 0 Å². The van der Waals surface area contributed by atoms with E-state index in [1.165, 1.54) is 7.11 Å². The number of amides is 1. The minimum Gasteiger partial charge on any atom is -0.465 e. The second-order valence-corrected chi connectivity index (χ2v) is 6.84. The van der Waals surface area contributed by atoms with E-state index in [4.69, 9.17) is 4.74 Å². The molecule has 1 aliphatic carbocycles. The molecule has 0 radical (unpaired) electrons. The lowest BCUT2D eigenvalue weighted by molar-refractivity contribution is -0.118. The van der Waals surface area contributed by atoms with Crippen LogP contribution in [0, 0.1) is 6.92 Å². The first-order valence-electron chi connectivity index (χ1n) is 6.79. The van der Waals surface area contributed by atoms with Crippen LogP contribution in [0.15, 0.2) is 17.0 Å². The number of carbonyl (C=O) groups is 2. The number of anilines is 1. The maximum absolute atomic E-state index is 12.4. The molecule has 1 heterocycles. The molecular weight excluding hydrogens is 274 g/mol. The number of methoxy groups -OCH3 is 1. The number of hydrogen-bond acceptors (Lipinski definition) is 4. The highest BCUT2D eigenvalue weighted by Gasteiger charge is 2.45. The van der Waals surface area contributed by atoms with E-state index in [1.807, 2.05) is 13.0 Å². The highest BCUT2D eigenvalue weighted by molar-refractivity contribution is 8.01. The largest absolute Gasteiger partial charge is 0.465 e. The molecule has 3 rings (SSSR count). The number of thioether (sulfide) groups is 1. The first-order chi connectivity index (χ1) is 9.55. The van der Waals surface area contributed by atoms with Crippen molar-refractivity contribution in [3.8, 4) is 0 Å². The summed E-state index contributed by atoms with van der Waals surface area (Å²) in [6.07, 6.45) is 4.07.